The second-order valence-electron chi connectivity index (χ2n) is 10.4. The fourth-order valence-corrected chi connectivity index (χ4v) is 5.62. The zero-order valence-electron chi connectivity index (χ0n) is 21.3. The van der Waals surface area contributed by atoms with Crippen molar-refractivity contribution < 1.29 is 19.7 Å². The standard InChI is InChI=1S/C29H40N2O4/c1-4-5-8-20(2)24(32)14-13-22-25(33)19-26-28(22)23-11-6-9-21(29(23)35-26)10-7-12-27(34)31-17-15-30(3)16-18-31/h6,9,11,13-14,20,22,24-26,28,32-33H,7-8,10,12,15-19H2,1-3H3/t20-,22-,24+,25+,26-,28-/m0/s1. The molecule has 190 valence electrons. The van der Waals surface area contributed by atoms with Gasteiger partial charge in [0, 0.05) is 62.8 Å². The Bertz CT molecular complexity index is 973. The Morgan fingerprint density at radius 3 is 2.80 bits per heavy atom. The number of aryl methyl sites for hydroxylation is 1. The number of hydrogen-bond acceptors (Lipinski definition) is 5. The van der Waals surface area contributed by atoms with Crippen LogP contribution >= 0.6 is 0 Å². The topological polar surface area (TPSA) is 73.2 Å². The molecular formula is C29H40N2O4. The number of carbonyl (C=O) groups is 1. The normalized spacial score (nSPS) is 27.6. The average Bonchev–Trinajstić information content (AvgIpc) is 3.36. The third-order valence-electron chi connectivity index (χ3n) is 7.90. The highest BCUT2D eigenvalue weighted by Crippen LogP contribution is 2.52. The summed E-state index contributed by atoms with van der Waals surface area (Å²) in [6, 6.07) is 6.27. The number of hydrogen-bond donors (Lipinski definition) is 2. The van der Waals surface area contributed by atoms with Gasteiger partial charge in [-0.25, -0.2) is 0 Å². The first-order valence-electron chi connectivity index (χ1n) is 13.1. The van der Waals surface area contributed by atoms with Crippen LogP contribution in [0.3, 0.4) is 0 Å². The third kappa shape index (κ3) is 5.91. The minimum absolute atomic E-state index is 0.0420. The number of carbonyl (C=O) groups excluding carboxylic acids is 1. The van der Waals surface area contributed by atoms with Crippen molar-refractivity contribution >= 4 is 5.91 Å². The lowest BCUT2D eigenvalue weighted by Crippen LogP contribution is -2.47. The molecule has 2 heterocycles. The Labute approximate surface area is 210 Å². The molecule has 6 heteroatoms. The molecule has 0 aromatic heterocycles. The van der Waals surface area contributed by atoms with Gasteiger partial charge in [0.15, 0.2) is 0 Å². The predicted octanol–water partition coefficient (Wildman–Crippen LogP) is 2.98. The van der Waals surface area contributed by atoms with Crippen molar-refractivity contribution in [2.45, 2.75) is 70.2 Å². The highest BCUT2D eigenvalue weighted by molar-refractivity contribution is 5.76. The van der Waals surface area contributed by atoms with E-state index in [1.807, 2.05) is 24.0 Å². The van der Waals surface area contributed by atoms with Gasteiger partial charge in [-0.2, -0.15) is 0 Å². The molecule has 1 amide bonds. The molecule has 6 atom stereocenters. The van der Waals surface area contributed by atoms with Crippen LogP contribution in [0.25, 0.3) is 0 Å². The molecule has 6 nitrogen and oxygen atoms in total. The molecule has 0 unspecified atom stereocenters. The molecule has 0 bridgehead atoms. The molecule has 1 aromatic rings. The van der Waals surface area contributed by atoms with Gasteiger partial charge in [-0.05, 0) is 38.3 Å². The highest BCUT2D eigenvalue weighted by Gasteiger charge is 2.48. The lowest BCUT2D eigenvalue weighted by Gasteiger charge is -2.32. The summed E-state index contributed by atoms with van der Waals surface area (Å²) in [5.74, 6) is 7.13. The number of aliphatic hydroxyl groups is 2. The number of rotatable bonds is 8. The van der Waals surface area contributed by atoms with E-state index in [2.05, 4.69) is 42.0 Å². The largest absolute Gasteiger partial charge is 0.489 e. The van der Waals surface area contributed by atoms with Crippen LogP contribution in [0, 0.1) is 23.7 Å². The summed E-state index contributed by atoms with van der Waals surface area (Å²) >= 11 is 0. The van der Waals surface area contributed by atoms with Crippen molar-refractivity contribution in [3.63, 3.8) is 0 Å². The minimum Gasteiger partial charge on any atom is -0.489 e. The first kappa shape index (κ1) is 25.8. The van der Waals surface area contributed by atoms with E-state index >= 15 is 0 Å². The van der Waals surface area contributed by atoms with Crippen LogP contribution in [0.2, 0.25) is 0 Å². The Hall–Kier alpha value is -2.33. The molecule has 2 fully saturated rings. The lowest BCUT2D eigenvalue weighted by atomic mass is 9.86. The summed E-state index contributed by atoms with van der Waals surface area (Å²) < 4.78 is 6.38. The number of amides is 1. The van der Waals surface area contributed by atoms with Crippen LogP contribution in [0.1, 0.15) is 56.6 Å². The zero-order chi connectivity index (χ0) is 24.9. The SMILES string of the molecule is CC#CC[C@H](C)[C@H](O)C=C[C@@H]1[C@H]2c3cccc(CCCC(=O)N4CCN(C)CC4)c3O[C@H]2C[C@H]1O. The summed E-state index contributed by atoms with van der Waals surface area (Å²) in [6.45, 7) is 7.32. The molecule has 1 saturated carbocycles. The van der Waals surface area contributed by atoms with E-state index in [9.17, 15) is 15.0 Å². The number of fused-ring (bicyclic) bond motifs is 3. The van der Waals surface area contributed by atoms with E-state index < -0.39 is 12.2 Å². The molecule has 35 heavy (non-hydrogen) atoms. The lowest BCUT2D eigenvalue weighted by molar-refractivity contribution is -0.132. The van der Waals surface area contributed by atoms with E-state index in [1.165, 1.54) is 0 Å². The van der Waals surface area contributed by atoms with Gasteiger partial charge in [-0.1, -0.05) is 37.3 Å². The van der Waals surface area contributed by atoms with Gasteiger partial charge in [0.1, 0.15) is 11.9 Å². The smallest absolute Gasteiger partial charge is 0.222 e. The third-order valence-corrected chi connectivity index (χ3v) is 7.90. The van der Waals surface area contributed by atoms with E-state index in [0.717, 1.165) is 55.9 Å². The van der Waals surface area contributed by atoms with Gasteiger partial charge in [0.25, 0.3) is 0 Å². The van der Waals surface area contributed by atoms with Gasteiger partial charge >= 0.3 is 0 Å². The van der Waals surface area contributed by atoms with E-state index in [0.29, 0.717) is 19.3 Å². The van der Waals surface area contributed by atoms with Gasteiger partial charge in [0.05, 0.1) is 12.2 Å². The summed E-state index contributed by atoms with van der Waals surface area (Å²) in [5.41, 5.74) is 2.29. The number of ether oxygens (including phenoxy) is 1. The van der Waals surface area contributed by atoms with Gasteiger partial charge in [-0.3, -0.25) is 4.79 Å². The van der Waals surface area contributed by atoms with Crippen molar-refractivity contribution in [1.29, 1.82) is 0 Å². The van der Waals surface area contributed by atoms with E-state index in [4.69, 9.17) is 4.74 Å². The van der Waals surface area contributed by atoms with Crippen LogP contribution in [-0.4, -0.2) is 77.5 Å². The maximum atomic E-state index is 12.6. The fourth-order valence-electron chi connectivity index (χ4n) is 5.62. The second kappa shape index (κ2) is 11.6. The van der Waals surface area contributed by atoms with Crippen molar-refractivity contribution in [2.75, 3.05) is 33.2 Å². The van der Waals surface area contributed by atoms with Gasteiger partial charge in [-0.15, -0.1) is 11.8 Å². The quantitative estimate of drug-likeness (QED) is 0.442. The summed E-state index contributed by atoms with van der Waals surface area (Å²) in [5, 5.41) is 21.3. The molecule has 2 N–H and O–H groups in total. The Morgan fingerprint density at radius 2 is 2.06 bits per heavy atom. The first-order chi connectivity index (χ1) is 16.9. The molecule has 0 spiro atoms. The number of aliphatic hydroxyl groups excluding tert-OH is 2. The molecule has 2 aliphatic heterocycles. The monoisotopic (exact) mass is 480 g/mol. The molecule has 1 saturated heterocycles. The van der Waals surface area contributed by atoms with Crippen molar-refractivity contribution in [2.24, 2.45) is 11.8 Å². The van der Waals surface area contributed by atoms with Crippen LogP contribution < -0.4 is 4.74 Å². The van der Waals surface area contributed by atoms with Crippen molar-refractivity contribution in [3.8, 4) is 17.6 Å². The predicted molar refractivity (Wildman–Crippen MR) is 137 cm³/mol. The molecular weight excluding hydrogens is 440 g/mol. The van der Waals surface area contributed by atoms with Crippen LogP contribution in [0.4, 0.5) is 0 Å². The van der Waals surface area contributed by atoms with E-state index in [1.54, 1.807) is 6.92 Å². The number of nitrogens with zero attached hydrogens (tertiary/aromatic N) is 2. The number of likely N-dealkylation sites (N-methyl/N-ethyl adjacent to an activating group) is 1. The molecule has 0 radical (unpaired) electrons. The number of piperazine rings is 1. The maximum absolute atomic E-state index is 12.6. The Kier molecular flexibility index (Phi) is 8.54. The van der Waals surface area contributed by atoms with Crippen LogP contribution in [0.5, 0.6) is 5.75 Å². The fraction of sp³-hybridized carbons (Fsp3) is 0.621. The van der Waals surface area contributed by atoms with Gasteiger partial charge in [0.2, 0.25) is 5.91 Å². The Balaban J connectivity index is 1.38. The minimum atomic E-state index is -0.590. The number of para-hydroxylation sites is 1. The summed E-state index contributed by atoms with van der Waals surface area (Å²) in [6.07, 6.45) is 6.07. The van der Waals surface area contributed by atoms with Crippen LogP contribution in [0.15, 0.2) is 30.4 Å². The maximum Gasteiger partial charge on any atom is 0.222 e. The molecule has 1 aromatic carbocycles. The molecule has 1 aliphatic carbocycles. The second-order valence-corrected chi connectivity index (χ2v) is 10.4. The summed E-state index contributed by atoms with van der Waals surface area (Å²) in [7, 11) is 2.10. The first-order valence-corrected chi connectivity index (χ1v) is 13.1. The average molecular weight is 481 g/mol. The number of benzene rings is 1. The van der Waals surface area contributed by atoms with Crippen molar-refractivity contribution in [1.82, 2.24) is 9.80 Å². The molecule has 3 aliphatic rings. The Morgan fingerprint density at radius 1 is 1.29 bits per heavy atom. The van der Waals surface area contributed by atoms with E-state index in [-0.39, 0.29) is 29.8 Å². The van der Waals surface area contributed by atoms with Crippen molar-refractivity contribution in [3.05, 3.63) is 41.5 Å². The van der Waals surface area contributed by atoms with Crippen LogP contribution in [-0.2, 0) is 11.2 Å². The highest BCUT2D eigenvalue weighted by atomic mass is 16.5. The van der Waals surface area contributed by atoms with Gasteiger partial charge < -0.3 is 24.7 Å². The molecule has 4 rings (SSSR count). The summed E-state index contributed by atoms with van der Waals surface area (Å²) in [4.78, 5) is 16.9. The zero-order valence-corrected chi connectivity index (χ0v) is 21.3.